The van der Waals surface area contributed by atoms with E-state index in [4.69, 9.17) is 0 Å². The summed E-state index contributed by atoms with van der Waals surface area (Å²) in [6.07, 6.45) is -0.685. The molecule has 1 aliphatic heterocycles. The smallest absolute Gasteiger partial charge is 0.409 e. The predicted octanol–water partition coefficient (Wildman–Crippen LogP) is 4.25. The van der Waals surface area contributed by atoms with Crippen LogP contribution in [0.5, 0.6) is 0 Å². The SMILES string of the molecule is C=C(C(=O)N1CCN(C(=O)OC)CC1C(=O)O)c1ccc(Sc2ccccc2C(C)C)c([N+](=O)[O-])c1. The lowest BCUT2D eigenvalue weighted by Crippen LogP contribution is -2.59. The maximum absolute atomic E-state index is 13.2. The highest BCUT2D eigenvalue weighted by atomic mass is 32.2. The fourth-order valence-electron chi connectivity index (χ4n) is 3.93. The average molecular weight is 514 g/mol. The zero-order valence-electron chi connectivity index (χ0n) is 20.2. The third-order valence-electron chi connectivity index (χ3n) is 5.88. The molecule has 1 fully saturated rings. The van der Waals surface area contributed by atoms with Crippen LogP contribution in [0.1, 0.15) is 30.9 Å². The first-order valence-corrected chi connectivity index (χ1v) is 12.0. The Morgan fingerprint density at radius 3 is 2.47 bits per heavy atom. The molecular weight excluding hydrogens is 486 g/mol. The number of hydrogen-bond donors (Lipinski definition) is 1. The van der Waals surface area contributed by atoms with E-state index in [9.17, 15) is 29.6 Å². The van der Waals surface area contributed by atoms with Crippen molar-refractivity contribution in [3.63, 3.8) is 0 Å². The summed E-state index contributed by atoms with van der Waals surface area (Å²) in [6.45, 7) is 7.67. The number of carbonyl (C=O) groups is 3. The molecule has 1 aliphatic rings. The van der Waals surface area contributed by atoms with Crippen LogP contribution in [0.2, 0.25) is 0 Å². The second kappa shape index (κ2) is 11.3. The number of nitro benzene ring substituents is 1. The number of carbonyl (C=O) groups excluding carboxylic acids is 2. The van der Waals surface area contributed by atoms with Gasteiger partial charge in [-0.25, -0.2) is 9.59 Å². The molecule has 2 amide bonds. The molecule has 0 radical (unpaired) electrons. The first-order valence-electron chi connectivity index (χ1n) is 11.2. The van der Waals surface area contributed by atoms with E-state index in [-0.39, 0.29) is 42.4 Å². The van der Waals surface area contributed by atoms with Crippen LogP contribution in [-0.2, 0) is 14.3 Å². The van der Waals surface area contributed by atoms with Gasteiger partial charge in [0.15, 0.2) is 0 Å². The Morgan fingerprint density at radius 1 is 1.17 bits per heavy atom. The minimum absolute atomic E-state index is 0.0497. The first kappa shape index (κ1) is 26.7. The molecule has 1 atom stereocenters. The molecule has 3 rings (SSSR count). The number of benzene rings is 2. The Kier molecular flexibility index (Phi) is 8.36. The van der Waals surface area contributed by atoms with Crippen molar-refractivity contribution in [1.29, 1.82) is 0 Å². The Morgan fingerprint density at radius 2 is 1.86 bits per heavy atom. The first-order chi connectivity index (χ1) is 17.0. The Hall–Kier alpha value is -3.86. The van der Waals surface area contributed by atoms with E-state index in [0.29, 0.717) is 4.90 Å². The highest BCUT2D eigenvalue weighted by Crippen LogP contribution is 2.39. The fourth-order valence-corrected chi connectivity index (χ4v) is 5.11. The van der Waals surface area contributed by atoms with Gasteiger partial charge in [0, 0.05) is 29.6 Å². The molecule has 11 heteroatoms. The molecule has 36 heavy (non-hydrogen) atoms. The third kappa shape index (κ3) is 5.68. The maximum Gasteiger partial charge on any atom is 0.409 e. The third-order valence-corrected chi connectivity index (χ3v) is 7.04. The second-order valence-electron chi connectivity index (χ2n) is 8.48. The lowest BCUT2D eigenvalue weighted by Gasteiger charge is -2.38. The van der Waals surface area contributed by atoms with Gasteiger partial charge in [-0.05, 0) is 29.2 Å². The van der Waals surface area contributed by atoms with Crippen LogP contribution in [0.15, 0.2) is 58.8 Å². The van der Waals surface area contributed by atoms with Gasteiger partial charge in [-0.1, -0.05) is 56.5 Å². The molecule has 1 saturated heterocycles. The summed E-state index contributed by atoms with van der Waals surface area (Å²) in [7, 11) is 1.19. The van der Waals surface area contributed by atoms with Crippen LogP contribution < -0.4 is 0 Å². The van der Waals surface area contributed by atoms with Gasteiger partial charge in [0.2, 0.25) is 0 Å². The quantitative estimate of drug-likeness (QED) is 0.330. The maximum atomic E-state index is 13.2. The number of carboxylic acid groups (broad SMARTS) is 1. The summed E-state index contributed by atoms with van der Waals surface area (Å²) in [5.74, 6) is -1.73. The van der Waals surface area contributed by atoms with Gasteiger partial charge in [-0.2, -0.15) is 0 Å². The highest BCUT2D eigenvalue weighted by Gasteiger charge is 2.38. The molecule has 0 aromatic heterocycles. The van der Waals surface area contributed by atoms with Crippen molar-refractivity contribution >= 4 is 41.0 Å². The summed E-state index contributed by atoms with van der Waals surface area (Å²) in [4.78, 5) is 51.8. The van der Waals surface area contributed by atoms with Crippen LogP contribution in [0.4, 0.5) is 10.5 Å². The number of nitrogens with zero attached hydrogens (tertiary/aromatic N) is 3. The van der Waals surface area contributed by atoms with Crippen molar-refractivity contribution in [2.45, 2.75) is 35.6 Å². The van der Waals surface area contributed by atoms with Crippen LogP contribution in [0.25, 0.3) is 5.57 Å². The molecule has 190 valence electrons. The molecule has 1 N–H and O–H groups in total. The van der Waals surface area contributed by atoms with Crippen LogP contribution >= 0.6 is 11.8 Å². The van der Waals surface area contributed by atoms with E-state index in [1.807, 2.05) is 38.1 Å². The van der Waals surface area contributed by atoms with E-state index in [2.05, 4.69) is 11.3 Å². The molecular formula is C25H27N3O7S. The predicted molar refractivity (Wildman–Crippen MR) is 134 cm³/mol. The molecule has 1 heterocycles. The largest absolute Gasteiger partial charge is 0.480 e. The number of amides is 2. The Labute approximate surface area is 212 Å². The van der Waals surface area contributed by atoms with Gasteiger partial charge in [0.1, 0.15) is 6.04 Å². The van der Waals surface area contributed by atoms with Crippen molar-refractivity contribution < 1.29 is 29.2 Å². The number of ether oxygens (including phenoxy) is 1. The number of rotatable bonds is 7. The summed E-state index contributed by atoms with van der Waals surface area (Å²) in [6, 6.07) is 10.8. The summed E-state index contributed by atoms with van der Waals surface area (Å²) >= 11 is 1.27. The Balaban J connectivity index is 1.87. The van der Waals surface area contributed by atoms with Crippen molar-refractivity contribution in [3.8, 4) is 0 Å². The molecule has 0 saturated carbocycles. The molecule has 2 aromatic carbocycles. The average Bonchev–Trinajstić information content (AvgIpc) is 2.87. The standard InChI is InChI=1S/C25H27N3O7S/c1-15(2)18-7-5-6-8-21(18)36-22-10-9-17(13-19(22)28(33)34)16(3)23(29)27-12-11-26(25(32)35-4)14-20(27)24(30)31/h5-10,13,15,20H,3,11-12,14H2,1-2,4H3,(H,30,31). The summed E-state index contributed by atoms with van der Waals surface area (Å²) < 4.78 is 4.65. The molecule has 10 nitrogen and oxygen atoms in total. The lowest BCUT2D eigenvalue weighted by molar-refractivity contribution is -0.387. The zero-order chi connectivity index (χ0) is 26.6. The normalized spacial score (nSPS) is 15.5. The van der Waals surface area contributed by atoms with Gasteiger partial charge >= 0.3 is 12.1 Å². The van der Waals surface area contributed by atoms with Crippen molar-refractivity contribution in [3.05, 3.63) is 70.3 Å². The van der Waals surface area contributed by atoms with Gasteiger partial charge < -0.3 is 19.6 Å². The van der Waals surface area contributed by atoms with Gasteiger partial charge in [0.05, 0.1) is 23.5 Å². The molecule has 1 unspecified atom stereocenters. The monoisotopic (exact) mass is 513 g/mol. The molecule has 0 aliphatic carbocycles. The minimum Gasteiger partial charge on any atom is -0.480 e. The lowest BCUT2D eigenvalue weighted by atomic mass is 10.0. The van der Waals surface area contributed by atoms with Gasteiger partial charge in [0.25, 0.3) is 11.6 Å². The molecule has 0 bridgehead atoms. The zero-order valence-corrected chi connectivity index (χ0v) is 21.0. The van der Waals surface area contributed by atoms with E-state index >= 15 is 0 Å². The number of piperazine rings is 1. The van der Waals surface area contributed by atoms with Crippen LogP contribution in [0, 0.1) is 10.1 Å². The van der Waals surface area contributed by atoms with Gasteiger partial charge in [-0.15, -0.1) is 0 Å². The number of hydrogen-bond acceptors (Lipinski definition) is 7. The fraction of sp³-hybridized carbons (Fsp3) is 0.320. The van der Waals surface area contributed by atoms with Gasteiger partial charge in [-0.3, -0.25) is 14.9 Å². The highest BCUT2D eigenvalue weighted by molar-refractivity contribution is 7.99. The molecule has 0 spiro atoms. The van der Waals surface area contributed by atoms with E-state index in [1.165, 1.54) is 29.8 Å². The number of nitro groups is 1. The Bertz CT molecular complexity index is 1210. The van der Waals surface area contributed by atoms with Crippen molar-refractivity contribution in [2.24, 2.45) is 0 Å². The number of methoxy groups -OCH3 is 1. The van der Waals surface area contributed by atoms with E-state index in [1.54, 1.807) is 12.1 Å². The summed E-state index contributed by atoms with van der Waals surface area (Å²) in [5.41, 5.74) is 1.02. The van der Waals surface area contributed by atoms with Crippen LogP contribution in [-0.4, -0.2) is 70.6 Å². The second-order valence-corrected chi connectivity index (χ2v) is 9.57. The van der Waals surface area contributed by atoms with Crippen molar-refractivity contribution in [2.75, 3.05) is 26.7 Å². The number of carboxylic acids is 1. The minimum atomic E-state index is -1.31. The summed E-state index contributed by atoms with van der Waals surface area (Å²) in [5, 5.41) is 21.5. The topological polar surface area (TPSA) is 130 Å². The van der Waals surface area contributed by atoms with E-state index < -0.39 is 28.9 Å². The van der Waals surface area contributed by atoms with E-state index in [0.717, 1.165) is 15.4 Å². The van der Waals surface area contributed by atoms with Crippen molar-refractivity contribution in [1.82, 2.24) is 9.80 Å². The molecule has 2 aromatic rings. The van der Waals surface area contributed by atoms with Crippen LogP contribution in [0.3, 0.4) is 0 Å². The number of aliphatic carboxylic acids is 1.